The van der Waals surface area contributed by atoms with Gasteiger partial charge in [0.15, 0.2) is 0 Å². The summed E-state index contributed by atoms with van der Waals surface area (Å²) in [5.74, 6) is 0.445. The first-order valence-corrected chi connectivity index (χ1v) is 5.39. The van der Waals surface area contributed by atoms with Gasteiger partial charge in [0, 0.05) is 12.5 Å². The number of aliphatic hydroxyl groups is 1. The minimum absolute atomic E-state index is 0.445. The molecular formula is C13H14N2O2. The average molecular weight is 230 g/mol. The van der Waals surface area contributed by atoms with E-state index < -0.39 is 6.10 Å². The lowest BCUT2D eigenvalue weighted by Crippen LogP contribution is -2.05. The number of rotatable bonds is 4. The molecule has 1 unspecified atom stereocenters. The van der Waals surface area contributed by atoms with Gasteiger partial charge in [-0.05, 0) is 11.6 Å². The Balaban J connectivity index is 2.06. The highest BCUT2D eigenvalue weighted by atomic mass is 16.5. The van der Waals surface area contributed by atoms with E-state index in [0.29, 0.717) is 18.0 Å². The molecule has 88 valence electrons. The lowest BCUT2D eigenvalue weighted by Gasteiger charge is -2.09. The largest absolute Gasteiger partial charge is 0.480 e. The van der Waals surface area contributed by atoms with Crippen LogP contribution in [0.15, 0.2) is 42.5 Å². The zero-order chi connectivity index (χ0) is 12.1. The van der Waals surface area contributed by atoms with Crippen LogP contribution in [0.3, 0.4) is 0 Å². The third-order valence-corrected chi connectivity index (χ3v) is 2.48. The quantitative estimate of drug-likeness (QED) is 0.869. The van der Waals surface area contributed by atoms with Gasteiger partial charge in [0.1, 0.15) is 6.10 Å². The van der Waals surface area contributed by atoms with Crippen molar-refractivity contribution in [3.63, 3.8) is 0 Å². The first-order chi connectivity index (χ1) is 8.29. The first-order valence-electron chi connectivity index (χ1n) is 5.39. The molecule has 2 rings (SSSR count). The molecule has 0 aliphatic rings. The van der Waals surface area contributed by atoms with Crippen molar-refractivity contribution in [2.24, 2.45) is 0 Å². The highest BCUT2D eigenvalue weighted by molar-refractivity contribution is 5.19. The van der Waals surface area contributed by atoms with Gasteiger partial charge in [-0.25, -0.2) is 0 Å². The molecule has 2 aromatic rings. The lowest BCUT2D eigenvalue weighted by atomic mass is 10.1. The van der Waals surface area contributed by atoms with Crippen molar-refractivity contribution in [1.29, 1.82) is 0 Å². The maximum atomic E-state index is 9.99. The van der Waals surface area contributed by atoms with E-state index in [2.05, 4.69) is 10.2 Å². The van der Waals surface area contributed by atoms with E-state index in [0.717, 1.165) is 5.56 Å². The van der Waals surface area contributed by atoms with Gasteiger partial charge in [0.25, 0.3) is 0 Å². The monoisotopic (exact) mass is 230 g/mol. The Morgan fingerprint density at radius 3 is 2.47 bits per heavy atom. The highest BCUT2D eigenvalue weighted by Gasteiger charge is 2.10. The predicted octanol–water partition coefficient (Wildman–Crippen LogP) is 1.76. The van der Waals surface area contributed by atoms with E-state index in [1.54, 1.807) is 12.1 Å². The van der Waals surface area contributed by atoms with Crippen molar-refractivity contribution in [1.82, 2.24) is 10.2 Å². The van der Waals surface area contributed by atoms with Gasteiger partial charge in [-0.1, -0.05) is 30.3 Å². The smallest absolute Gasteiger partial charge is 0.233 e. The van der Waals surface area contributed by atoms with Crippen molar-refractivity contribution in [2.75, 3.05) is 7.11 Å². The summed E-state index contributed by atoms with van der Waals surface area (Å²) in [7, 11) is 1.53. The van der Waals surface area contributed by atoms with E-state index in [4.69, 9.17) is 4.74 Å². The molecule has 1 heterocycles. The summed E-state index contributed by atoms with van der Waals surface area (Å²) in [6.07, 6.45) is -0.113. The maximum absolute atomic E-state index is 9.99. The minimum Gasteiger partial charge on any atom is -0.480 e. The molecule has 17 heavy (non-hydrogen) atoms. The molecule has 1 atom stereocenters. The summed E-state index contributed by atoms with van der Waals surface area (Å²) in [4.78, 5) is 0. The van der Waals surface area contributed by atoms with E-state index >= 15 is 0 Å². The van der Waals surface area contributed by atoms with Gasteiger partial charge in [0.2, 0.25) is 5.88 Å². The zero-order valence-electron chi connectivity index (χ0n) is 9.58. The lowest BCUT2D eigenvalue weighted by molar-refractivity contribution is 0.172. The van der Waals surface area contributed by atoms with Crippen LogP contribution in [-0.4, -0.2) is 22.4 Å². The second-order valence-corrected chi connectivity index (χ2v) is 3.71. The molecule has 0 amide bonds. The summed E-state index contributed by atoms with van der Waals surface area (Å²) < 4.78 is 4.91. The Labute approximate surface area is 99.9 Å². The number of ether oxygens (including phenoxy) is 1. The Hall–Kier alpha value is -1.94. The van der Waals surface area contributed by atoms with Crippen molar-refractivity contribution in [3.05, 3.63) is 53.7 Å². The summed E-state index contributed by atoms with van der Waals surface area (Å²) in [5, 5.41) is 17.7. The highest BCUT2D eigenvalue weighted by Crippen LogP contribution is 2.16. The van der Waals surface area contributed by atoms with Crippen LogP contribution in [0.25, 0.3) is 0 Å². The number of methoxy groups -OCH3 is 1. The number of aromatic nitrogens is 2. The van der Waals surface area contributed by atoms with Gasteiger partial charge in [-0.2, -0.15) is 0 Å². The van der Waals surface area contributed by atoms with Crippen LogP contribution in [0.5, 0.6) is 5.88 Å². The van der Waals surface area contributed by atoms with E-state index in [1.165, 1.54) is 7.11 Å². The van der Waals surface area contributed by atoms with Gasteiger partial charge in [-0.3, -0.25) is 0 Å². The molecule has 0 spiro atoms. The van der Waals surface area contributed by atoms with Gasteiger partial charge in [-0.15, -0.1) is 10.2 Å². The van der Waals surface area contributed by atoms with Gasteiger partial charge < -0.3 is 9.84 Å². The topological polar surface area (TPSA) is 55.2 Å². The zero-order valence-corrected chi connectivity index (χ0v) is 9.58. The van der Waals surface area contributed by atoms with Crippen molar-refractivity contribution < 1.29 is 9.84 Å². The summed E-state index contributed by atoms with van der Waals surface area (Å²) in [6.45, 7) is 0. The van der Waals surface area contributed by atoms with E-state index in [9.17, 15) is 5.11 Å². The second kappa shape index (κ2) is 5.41. The van der Waals surface area contributed by atoms with Crippen LogP contribution in [0.2, 0.25) is 0 Å². The van der Waals surface area contributed by atoms with Crippen LogP contribution in [0.4, 0.5) is 0 Å². The van der Waals surface area contributed by atoms with Crippen LogP contribution < -0.4 is 4.74 Å². The van der Waals surface area contributed by atoms with Crippen LogP contribution in [-0.2, 0) is 6.42 Å². The van der Waals surface area contributed by atoms with Crippen LogP contribution >= 0.6 is 0 Å². The molecule has 0 saturated carbocycles. The SMILES string of the molecule is COc1ccc(C(O)Cc2ccccc2)nn1. The Bertz CT molecular complexity index is 457. The molecule has 0 aliphatic heterocycles. The third-order valence-electron chi connectivity index (χ3n) is 2.48. The summed E-state index contributed by atoms with van der Waals surface area (Å²) in [6, 6.07) is 13.2. The predicted molar refractivity (Wildman–Crippen MR) is 63.7 cm³/mol. The minimum atomic E-state index is -0.643. The Morgan fingerprint density at radius 2 is 1.88 bits per heavy atom. The van der Waals surface area contributed by atoms with Crippen molar-refractivity contribution >= 4 is 0 Å². The molecule has 4 heteroatoms. The molecule has 1 N–H and O–H groups in total. The number of benzene rings is 1. The maximum Gasteiger partial charge on any atom is 0.233 e. The second-order valence-electron chi connectivity index (χ2n) is 3.71. The van der Waals surface area contributed by atoms with Crippen LogP contribution in [0.1, 0.15) is 17.4 Å². The standard InChI is InChI=1S/C13H14N2O2/c1-17-13-8-7-11(14-15-13)12(16)9-10-5-3-2-4-6-10/h2-8,12,16H,9H2,1H3. The van der Waals surface area contributed by atoms with Crippen LogP contribution in [0, 0.1) is 0 Å². The number of aliphatic hydroxyl groups excluding tert-OH is 1. The van der Waals surface area contributed by atoms with E-state index in [1.807, 2.05) is 30.3 Å². The Kier molecular flexibility index (Phi) is 3.67. The molecule has 0 saturated heterocycles. The average Bonchev–Trinajstić information content (AvgIpc) is 2.40. The Morgan fingerprint density at radius 1 is 1.12 bits per heavy atom. The summed E-state index contributed by atoms with van der Waals surface area (Å²) >= 11 is 0. The first kappa shape index (κ1) is 11.5. The van der Waals surface area contributed by atoms with Gasteiger partial charge >= 0.3 is 0 Å². The number of nitrogens with zero attached hydrogens (tertiary/aromatic N) is 2. The fourth-order valence-corrected chi connectivity index (χ4v) is 1.56. The molecule has 4 nitrogen and oxygen atoms in total. The molecule has 0 radical (unpaired) electrons. The van der Waals surface area contributed by atoms with Gasteiger partial charge in [0.05, 0.1) is 12.8 Å². The fourth-order valence-electron chi connectivity index (χ4n) is 1.56. The normalized spacial score (nSPS) is 12.1. The number of hydrogen-bond acceptors (Lipinski definition) is 4. The van der Waals surface area contributed by atoms with Crippen molar-refractivity contribution in [3.8, 4) is 5.88 Å². The fraction of sp³-hybridized carbons (Fsp3) is 0.231. The van der Waals surface area contributed by atoms with Crippen molar-refractivity contribution in [2.45, 2.75) is 12.5 Å². The molecule has 1 aromatic carbocycles. The molecule has 0 aliphatic carbocycles. The third kappa shape index (κ3) is 3.01. The van der Waals surface area contributed by atoms with E-state index in [-0.39, 0.29) is 0 Å². The molecule has 0 bridgehead atoms. The number of hydrogen-bond donors (Lipinski definition) is 1. The molecule has 1 aromatic heterocycles. The molecule has 0 fully saturated rings. The summed E-state index contributed by atoms with van der Waals surface area (Å²) in [5.41, 5.74) is 1.62. The molecular weight excluding hydrogens is 216 g/mol.